The normalized spacial score (nSPS) is 10.6. The Hall–Kier alpha value is -2.49. The number of aromatic nitrogens is 3. The maximum atomic E-state index is 5.24. The lowest BCUT2D eigenvalue weighted by Crippen LogP contribution is -1.94. The monoisotopic (exact) mass is 251 g/mol. The highest BCUT2D eigenvalue weighted by atomic mass is 16.5. The molecule has 19 heavy (non-hydrogen) atoms. The molecule has 0 bridgehead atoms. The molecule has 0 aliphatic carbocycles. The molecule has 2 heterocycles. The minimum atomic E-state index is 0.530. The number of benzene rings is 1. The van der Waals surface area contributed by atoms with Crippen LogP contribution >= 0.6 is 0 Å². The molecule has 0 fully saturated rings. The number of hydrogen-bond donors (Lipinski definition) is 0. The number of rotatable bonds is 2. The smallest absolute Gasteiger partial charge is 0.240 e. The van der Waals surface area contributed by atoms with Crippen molar-refractivity contribution in [3.05, 3.63) is 48.4 Å². The molecule has 3 aromatic rings. The van der Waals surface area contributed by atoms with Gasteiger partial charge in [0.2, 0.25) is 5.88 Å². The van der Waals surface area contributed by atoms with Gasteiger partial charge in [-0.3, -0.25) is 4.98 Å². The van der Waals surface area contributed by atoms with Crippen LogP contribution in [-0.2, 0) is 0 Å². The summed E-state index contributed by atoms with van der Waals surface area (Å²) in [4.78, 5) is 13.0. The molecule has 0 aliphatic heterocycles. The van der Waals surface area contributed by atoms with Crippen molar-refractivity contribution in [3.8, 4) is 17.1 Å². The summed E-state index contributed by atoms with van der Waals surface area (Å²) >= 11 is 0. The molecule has 4 nitrogen and oxygen atoms in total. The molecule has 94 valence electrons. The fourth-order valence-corrected chi connectivity index (χ4v) is 2.05. The summed E-state index contributed by atoms with van der Waals surface area (Å²) in [5, 5.41) is 1.08. The van der Waals surface area contributed by atoms with Gasteiger partial charge in [-0.2, -0.15) is 0 Å². The first-order valence-electron chi connectivity index (χ1n) is 6.01. The van der Waals surface area contributed by atoms with Gasteiger partial charge >= 0.3 is 0 Å². The molecule has 4 heteroatoms. The number of aryl methyl sites for hydroxylation is 1. The first-order valence-corrected chi connectivity index (χ1v) is 6.01. The highest BCUT2D eigenvalue weighted by molar-refractivity contribution is 5.84. The Morgan fingerprint density at radius 1 is 1.00 bits per heavy atom. The molecule has 0 unspecified atom stereocenters. The number of fused-ring (bicyclic) bond motifs is 1. The number of methoxy groups -OCH3 is 1. The average Bonchev–Trinajstić information content (AvgIpc) is 2.46. The van der Waals surface area contributed by atoms with Gasteiger partial charge in [0.15, 0.2) is 0 Å². The Balaban J connectivity index is 2.18. The summed E-state index contributed by atoms with van der Waals surface area (Å²) in [5.41, 5.74) is 3.71. The Morgan fingerprint density at radius 3 is 2.68 bits per heavy atom. The van der Waals surface area contributed by atoms with Gasteiger partial charge in [0.1, 0.15) is 5.69 Å². The van der Waals surface area contributed by atoms with E-state index >= 15 is 0 Å². The van der Waals surface area contributed by atoms with Crippen LogP contribution in [0.25, 0.3) is 22.2 Å². The molecule has 0 radical (unpaired) electrons. The Labute approximate surface area is 111 Å². The van der Waals surface area contributed by atoms with Gasteiger partial charge in [0.25, 0.3) is 0 Å². The molecular weight excluding hydrogens is 238 g/mol. The molecule has 1 aromatic carbocycles. The maximum Gasteiger partial charge on any atom is 0.240 e. The molecule has 0 saturated carbocycles. The summed E-state index contributed by atoms with van der Waals surface area (Å²) < 4.78 is 5.24. The second kappa shape index (κ2) is 4.65. The van der Waals surface area contributed by atoms with Crippen molar-refractivity contribution >= 4 is 10.9 Å². The van der Waals surface area contributed by atoms with E-state index in [2.05, 4.69) is 21.0 Å². The van der Waals surface area contributed by atoms with E-state index in [4.69, 9.17) is 4.74 Å². The van der Waals surface area contributed by atoms with E-state index in [-0.39, 0.29) is 0 Å². The third-order valence-corrected chi connectivity index (χ3v) is 2.96. The van der Waals surface area contributed by atoms with Crippen LogP contribution in [0.3, 0.4) is 0 Å². The third kappa shape index (κ3) is 2.12. The minimum Gasteiger partial charge on any atom is -0.479 e. The lowest BCUT2D eigenvalue weighted by atomic mass is 10.1. The van der Waals surface area contributed by atoms with Crippen molar-refractivity contribution in [2.24, 2.45) is 0 Å². The van der Waals surface area contributed by atoms with E-state index in [1.54, 1.807) is 19.5 Å². The van der Waals surface area contributed by atoms with Crippen LogP contribution in [0.15, 0.2) is 42.7 Å². The van der Waals surface area contributed by atoms with E-state index in [1.807, 2.05) is 31.2 Å². The van der Waals surface area contributed by atoms with Crippen LogP contribution < -0.4 is 4.74 Å². The molecule has 0 atom stereocenters. The van der Waals surface area contributed by atoms with Crippen molar-refractivity contribution in [3.63, 3.8) is 0 Å². The zero-order valence-corrected chi connectivity index (χ0v) is 10.8. The fraction of sp³-hybridized carbons (Fsp3) is 0.133. The molecule has 0 amide bonds. The molecule has 0 N–H and O–H groups in total. The molecular formula is C15H13N3O. The van der Waals surface area contributed by atoms with Gasteiger partial charge in [-0.05, 0) is 25.1 Å². The van der Waals surface area contributed by atoms with E-state index in [0.29, 0.717) is 5.88 Å². The summed E-state index contributed by atoms with van der Waals surface area (Å²) in [7, 11) is 1.60. The largest absolute Gasteiger partial charge is 0.479 e. The topological polar surface area (TPSA) is 47.9 Å². The van der Waals surface area contributed by atoms with E-state index in [1.165, 1.54) is 0 Å². The SMILES string of the molecule is COc1nccnc1-c1ccc2nc(C)ccc2c1. The second-order valence-electron chi connectivity index (χ2n) is 4.27. The first kappa shape index (κ1) is 11.6. The van der Waals surface area contributed by atoms with Crippen LogP contribution in [0.2, 0.25) is 0 Å². The zero-order valence-electron chi connectivity index (χ0n) is 10.8. The molecule has 0 aliphatic rings. The van der Waals surface area contributed by atoms with Gasteiger partial charge in [0, 0.05) is 29.0 Å². The third-order valence-electron chi connectivity index (χ3n) is 2.96. The highest BCUT2D eigenvalue weighted by Gasteiger charge is 2.08. The van der Waals surface area contributed by atoms with Crippen molar-refractivity contribution < 1.29 is 4.74 Å². The van der Waals surface area contributed by atoms with Crippen LogP contribution in [0, 0.1) is 6.92 Å². The summed E-state index contributed by atoms with van der Waals surface area (Å²) in [6, 6.07) is 10.1. The molecule has 0 saturated heterocycles. The first-order chi connectivity index (χ1) is 9.28. The lowest BCUT2D eigenvalue weighted by Gasteiger charge is -2.07. The highest BCUT2D eigenvalue weighted by Crippen LogP contribution is 2.27. The maximum absolute atomic E-state index is 5.24. The zero-order chi connectivity index (χ0) is 13.2. The summed E-state index contributed by atoms with van der Waals surface area (Å²) in [5.74, 6) is 0.530. The quantitative estimate of drug-likeness (QED) is 0.702. The number of hydrogen-bond acceptors (Lipinski definition) is 4. The van der Waals surface area contributed by atoms with Gasteiger partial charge < -0.3 is 4.74 Å². The van der Waals surface area contributed by atoms with E-state index < -0.39 is 0 Å². The van der Waals surface area contributed by atoms with E-state index in [0.717, 1.165) is 27.9 Å². The Kier molecular flexibility index (Phi) is 2.83. The van der Waals surface area contributed by atoms with Crippen LogP contribution in [-0.4, -0.2) is 22.1 Å². The standard InChI is InChI=1S/C15H13N3O/c1-10-3-4-11-9-12(5-6-13(11)18-10)14-15(19-2)17-8-7-16-14/h3-9H,1-2H3. The Morgan fingerprint density at radius 2 is 1.84 bits per heavy atom. The average molecular weight is 251 g/mol. The van der Waals surface area contributed by atoms with Gasteiger partial charge in [-0.25, -0.2) is 9.97 Å². The predicted molar refractivity (Wildman–Crippen MR) is 74.1 cm³/mol. The number of nitrogens with zero attached hydrogens (tertiary/aromatic N) is 3. The minimum absolute atomic E-state index is 0.530. The molecule has 0 spiro atoms. The lowest BCUT2D eigenvalue weighted by molar-refractivity contribution is 0.398. The van der Waals surface area contributed by atoms with E-state index in [9.17, 15) is 0 Å². The fourth-order valence-electron chi connectivity index (χ4n) is 2.05. The molecule has 2 aromatic heterocycles. The number of ether oxygens (including phenoxy) is 1. The van der Waals surface area contributed by atoms with Gasteiger partial charge in [0.05, 0.1) is 12.6 Å². The Bertz CT molecular complexity index is 740. The summed E-state index contributed by atoms with van der Waals surface area (Å²) in [6.45, 7) is 1.99. The number of pyridine rings is 1. The van der Waals surface area contributed by atoms with Gasteiger partial charge in [-0.15, -0.1) is 0 Å². The van der Waals surface area contributed by atoms with Crippen molar-refractivity contribution in [2.75, 3.05) is 7.11 Å². The van der Waals surface area contributed by atoms with Crippen LogP contribution in [0.1, 0.15) is 5.69 Å². The predicted octanol–water partition coefficient (Wildman–Crippen LogP) is 3.01. The van der Waals surface area contributed by atoms with Gasteiger partial charge in [-0.1, -0.05) is 12.1 Å². The summed E-state index contributed by atoms with van der Waals surface area (Å²) in [6.07, 6.45) is 3.28. The van der Waals surface area contributed by atoms with Crippen LogP contribution in [0.5, 0.6) is 5.88 Å². The van der Waals surface area contributed by atoms with Crippen LogP contribution in [0.4, 0.5) is 0 Å². The second-order valence-corrected chi connectivity index (χ2v) is 4.27. The van der Waals surface area contributed by atoms with Crippen molar-refractivity contribution in [2.45, 2.75) is 6.92 Å². The molecule has 3 rings (SSSR count). The van der Waals surface area contributed by atoms with Crippen molar-refractivity contribution in [1.82, 2.24) is 15.0 Å². The van der Waals surface area contributed by atoms with Crippen molar-refractivity contribution in [1.29, 1.82) is 0 Å².